The summed E-state index contributed by atoms with van der Waals surface area (Å²) in [6, 6.07) is 6.16. The number of carbonyl (C=O) groups is 1. The van der Waals surface area contributed by atoms with Gasteiger partial charge in [-0.05, 0) is 61.0 Å². The molecule has 0 spiro atoms. The van der Waals surface area contributed by atoms with Crippen LogP contribution in [0.3, 0.4) is 0 Å². The molecule has 2 N–H and O–H groups in total. The Bertz CT molecular complexity index is 733. The zero-order valence-corrected chi connectivity index (χ0v) is 16.0. The number of amides is 1. The number of nitrogens with zero attached hydrogens (tertiary/aromatic N) is 1. The first-order chi connectivity index (χ1) is 11.9. The summed E-state index contributed by atoms with van der Waals surface area (Å²) in [6.45, 7) is 12.3. The molecule has 2 heterocycles. The second kappa shape index (κ2) is 7.20. The van der Waals surface area contributed by atoms with E-state index in [4.69, 9.17) is 0 Å². The number of hydrogen-bond donors (Lipinski definition) is 2. The third kappa shape index (κ3) is 4.43. The minimum atomic E-state index is 0.0620. The van der Waals surface area contributed by atoms with Crippen LogP contribution in [0.2, 0.25) is 0 Å². The molecule has 136 valence electrons. The summed E-state index contributed by atoms with van der Waals surface area (Å²) in [5, 5.41) is 4.23. The van der Waals surface area contributed by atoms with E-state index in [0.29, 0.717) is 17.8 Å². The SMILES string of the molecule is CCC(=O)Nc1ccc2[nH]cc(C3CCN(CC(C)(C)C)CC3)c2c1. The summed E-state index contributed by atoms with van der Waals surface area (Å²) >= 11 is 0. The smallest absolute Gasteiger partial charge is 0.224 e. The van der Waals surface area contributed by atoms with Crippen LogP contribution in [0.5, 0.6) is 0 Å². The number of anilines is 1. The number of aromatic nitrogens is 1. The van der Waals surface area contributed by atoms with Crippen molar-refractivity contribution in [1.29, 1.82) is 0 Å². The van der Waals surface area contributed by atoms with Crippen LogP contribution in [0.25, 0.3) is 10.9 Å². The minimum absolute atomic E-state index is 0.0620. The molecule has 0 radical (unpaired) electrons. The van der Waals surface area contributed by atoms with E-state index >= 15 is 0 Å². The van der Waals surface area contributed by atoms with Crippen LogP contribution in [0.1, 0.15) is 58.4 Å². The van der Waals surface area contributed by atoms with E-state index < -0.39 is 0 Å². The lowest BCUT2D eigenvalue weighted by Gasteiger charge is -2.36. The molecule has 25 heavy (non-hydrogen) atoms. The Morgan fingerprint density at radius 3 is 2.64 bits per heavy atom. The first-order valence-corrected chi connectivity index (χ1v) is 9.49. The zero-order chi connectivity index (χ0) is 18.0. The van der Waals surface area contributed by atoms with Crippen molar-refractivity contribution in [3.05, 3.63) is 30.0 Å². The van der Waals surface area contributed by atoms with E-state index in [1.807, 2.05) is 13.0 Å². The Morgan fingerprint density at radius 1 is 1.28 bits per heavy atom. The minimum Gasteiger partial charge on any atom is -0.361 e. The highest BCUT2D eigenvalue weighted by molar-refractivity contribution is 5.94. The molecule has 1 amide bonds. The van der Waals surface area contributed by atoms with Crippen molar-refractivity contribution in [2.24, 2.45) is 5.41 Å². The number of carbonyl (C=O) groups excluding carboxylic acids is 1. The number of likely N-dealkylation sites (tertiary alicyclic amines) is 1. The molecule has 4 heteroatoms. The topological polar surface area (TPSA) is 48.1 Å². The monoisotopic (exact) mass is 341 g/mol. The number of benzene rings is 1. The van der Waals surface area contributed by atoms with Gasteiger partial charge in [-0.15, -0.1) is 0 Å². The number of fused-ring (bicyclic) bond motifs is 1. The van der Waals surface area contributed by atoms with Crippen LogP contribution in [-0.2, 0) is 4.79 Å². The van der Waals surface area contributed by atoms with Gasteiger partial charge in [0.1, 0.15) is 0 Å². The quantitative estimate of drug-likeness (QED) is 0.843. The van der Waals surface area contributed by atoms with Gasteiger partial charge in [-0.1, -0.05) is 27.7 Å². The Morgan fingerprint density at radius 2 is 2.00 bits per heavy atom. The highest BCUT2D eigenvalue weighted by Crippen LogP contribution is 2.35. The molecule has 2 aromatic rings. The molecule has 1 aromatic carbocycles. The van der Waals surface area contributed by atoms with Gasteiger partial charge in [0.15, 0.2) is 0 Å². The van der Waals surface area contributed by atoms with Crippen molar-refractivity contribution in [2.75, 3.05) is 25.0 Å². The molecule has 0 aliphatic carbocycles. The lowest BCUT2D eigenvalue weighted by atomic mass is 9.87. The Balaban J connectivity index is 1.73. The third-order valence-electron chi connectivity index (χ3n) is 5.04. The summed E-state index contributed by atoms with van der Waals surface area (Å²) in [7, 11) is 0. The highest BCUT2D eigenvalue weighted by Gasteiger charge is 2.25. The van der Waals surface area contributed by atoms with E-state index in [1.54, 1.807) is 0 Å². The van der Waals surface area contributed by atoms with E-state index in [1.165, 1.54) is 43.4 Å². The Hall–Kier alpha value is -1.81. The average molecular weight is 341 g/mol. The summed E-state index contributed by atoms with van der Waals surface area (Å²) in [4.78, 5) is 17.7. The van der Waals surface area contributed by atoms with Gasteiger partial charge in [-0.3, -0.25) is 4.79 Å². The lowest BCUT2D eigenvalue weighted by molar-refractivity contribution is -0.115. The van der Waals surface area contributed by atoms with Crippen molar-refractivity contribution in [2.45, 2.75) is 52.9 Å². The Kier molecular flexibility index (Phi) is 5.19. The zero-order valence-electron chi connectivity index (χ0n) is 16.0. The molecule has 0 atom stereocenters. The van der Waals surface area contributed by atoms with Crippen LogP contribution >= 0.6 is 0 Å². The maximum atomic E-state index is 11.7. The fraction of sp³-hybridized carbons (Fsp3) is 0.571. The first-order valence-electron chi connectivity index (χ1n) is 9.49. The number of rotatable bonds is 4. The van der Waals surface area contributed by atoms with Crippen molar-refractivity contribution in [1.82, 2.24) is 9.88 Å². The molecular weight excluding hydrogens is 310 g/mol. The number of H-pyrrole nitrogens is 1. The molecule has 1 fully saturated rings. The Labute approximate surface area is 151 Å². The molecule has 1 aromatic heterocycles. The van der Waals surface area contributed by atoms with Crippen LogP contribution in [0, 0.1) is 5.41 Å². The largest absolute Gasteiger partial charge is 0.361 e. The molecule has 1 aliphatic heterocycles. The summed E-state index contributed by atoms with van der Waals surface area (Å²) in [5.74, 6) is 0.661. The van der Waals surface area contributed by atoms with Crippen molar-refractivity contribution >= 4 is 22.5 Å². The predicted octanol–water partition coefficient (Wildman–Crippen LogP) is 4.74. The first kappa shape index (κ1) is 18.0. The van der Waals surface area contributed by atoms with Crippen molar-refractivity contribution in [3.8, 4) is 0 Å². The van der Waals surface area contributed by atoms with Gasteiger partial charge < -0.3 is 15.2 Å². The normalized spacial score (nSPS) is 17.1. The van der Waals surface area contributed by atoms with Crippen molar-refractivity contribution in [3.63, 3.8) is 0 Å². The molecule has 3 rings (SSSR count). The lowest BCUT2D eigenvalue weighted by Crippen LogP contribution is -2.38. The number of piperidine rings is 1. The molecule has 0 unspecified atom stereocenters. The fourth-order valence-corrected chi connectivity index (χ4v) is 3.88. The molecule has 0 bridgehead atoms. The van der Waals surface area contributed by atoms with Crippen LogP contribution in [0.4, 0.5) is 5.69 Å². The maximum Gasteiger partial charge on any atom is 0.224 e. The standard InChI is InChI=1S/C21H31N3O/c1-5-20(25)23-16-6-7-19-17(12-16)18(13-22-19)15-8-10-24(11-9-15)14-21(2,3)4/h6-7,12-13,15,22H,5,8-11,14H2,1-4H3,(H,23,25). The van der Waals surface area contributed by atoms with Gasteiger partial charge in [0, 0.05) is 35.8 Å². The van der Waals surface area contributed by atoms with Gasteiger partial charge in [-0.2, -0.15) is 0 Å². The second-order valence-corrected chi connectivity index (χ2v) is 8.52. The number of nitrogens with one attached hydrogen (secondary N) is 2. The molecule has 0 saturated carbocycles. The average Bonchev–Trinajstić information content (AvgIpc) is 2.97. The molecule has 1 aliphatic rings. The second-order valence-electron chi connectivity index (χ2n) is 8.52. The molecular formula is C21H31N3O. The number of aromatic amines is 1. The summed E-state index contributed by atoms with van der Waals surface area (Å²) in [5.41, 5.74) is 3.81. The fourth-order valence-electron chi connectivity index (χ4n) is 3.88. The summed E-state index contributed by atoms with van der Waals surface area (Å²) in [6.07, 6.45) is 5.08. The van der Waals surface area contributed by atoms with E-state index in [2.05, 4.69) is 54.3 Å². The van der Waals surface area contributed by atoms with Crippen LogP contribution in [0.15, 0.2) is 24.4 Å². The van der Waals surface area contributed by atoms with Gasteiger partial charge in [-0.25, -0.2) is 0 Å². The van der Waals surface area contributed by atoms with Crippen LogP contribution < -0.4 is 5.32 Å². The van der Waals surface area contributed by atoms with Gasteiger partial charge >= 0.3 is 0 Å². The van der Waals surface area contributed by atoms with Crippen molar-refractivity contribution < 1.29 is 4.79 Å². The van der Waals surface area contributed by atoms with Gasteiger partial charge in [0.05, 0.1) is 0 Å². The van der Waals surface area contributed by atoms with Crippen LogP contribution in [-0.4, -0.2) is 35.4 Å². The third-order valence-corrected chi connectivity index (χ3v) is 5.04. The van der Waals surface area contributed by atoms with E-state index in [9.17, 15) is 4.79 Å². The highest BCUT2D eigenvalue weighted by atomic mass is 16.1. The molecule has 1 saturated heterocycles. The van der Waals surface area contributed by atoms with E-state index in [-0.39, 0.29) is 5.91 Å². The van der Waals surface area contributed by atoms with E-state index in [0.717, 1.165) is 11.2 Å². The van der Waals surface area contributed by atoms with Gasteiger partial charge in [0.2, 0.25) is 5.91 Å². The summed E-state index contributed by atoms with van der Waals surface area (Å²) < 4.78 is 0. The maximum absolute atomic E-state index is 11.7. The van der Waals surface area contributed by atoms with Gasteiger partial charge in [0.25, 0.3) is 0 Å². The predicted molar refractivity (Wildman–Crippen MR) is 105 cm³/mol. The number of hydrogen-bond acceptors (Lipinski definition) is 2. The molecule has 4 nitrogen and oxygen atoms in total.